The molecule has 1 aromatic rings. The van der Waals surface area contributed by atoms with Crippen LogP contribution in [0, 0.1) is 18.7 Å². The molecular formula is C16H23FN2O2. The monoisotopic (exact) mass is 294 g/mol. The molecule has 4 nitrogen and oxygen atoms in total. The van der Waals surface area contributed by atoms with Gasteiger partial charge in [0.25, 0.3) is 0 Å². The van der Waals surface area contributed by atoms with Gasteiger partial charge in [-0.1, -0.05) is 13.0 Å². The Morgan fingerprint density at radius 3 is 3.00 bits per heavy atom. The van der Waals surface area contributed by atoms with Crippen LogP contribution in [0.2, 0.25) is 0 Å². The van der Waals surface area contributed by atoms with Crippen LogP contribution in [0.5, 0.6) is 0 Å². The first-order valence-corrected chi connectivity index (χ1v) is 7.50. The van der Waals surface area contributed by atoms with Gasteiger partial charge in [0.2, 0.25) is 0 Å². The van der Waals surface area contributed by atoms with E-state index in [-0.39, 0.29) is 11.8 Å². The van der Waals surface area contributed by atoms with Crippen LogP contribution in [-0.2, 0) is 4.74 Å². The highest BCUT2D eigenvalue weighted by Gasteiger charge is 2.22. The average molecular weight is 294 g/mol. The van der Waals surface area contributed by atoms with E-state index in [0.717, 1.165) is 19.4 Å². The first-order valence-electron chi connectivity index (χ1n) is 7.50. The van der Waals surface area contributed by atoms with Crippen LogP contribution in [0.3, 0.4) is 0 Å². The van der Waals surface area contributed by atoms with Crippen LogP contribution in [-0.4, -0.2) is 37.2 Å². The zero-order valence-electron chi connectivity index (χ0n) is 12.7. The summed E-state index contributed by atoms with van der Waals surface area (Å²) in [6.45, 7) is 6.57. The summed E-state index contributed by atoms with van der Waals surface area (Å²) in [6.07, 6.45) is 1.88. The number of urea groups is 1. The molecule has 2 rings (SSSR count). The highest BCUT2D eigenvalue weighted by atomic mass is 19.1. The van der Waals surface area contributed by atoms with Crippen molar-refractivity contribution in [3.63, 3.8) is 0 Å². The molecule has 1 N–H and O–H groups in total. The Labute approximate surface area is 125 Å². The fourth-order valence-electron chi connectivity index (χ4n) is 2.52. The van der Waals surface area contributed by atoms with Gasteiger partial charge in [-0.3, -0.25) is 0 Å². The lowest BCUT2D eigenvalue weighted by Crippen LogP contribution is -2.39. The lowest BCUT2D eigenvalue weighted by molar-refractivity contribution is 0.169. The number of anilines is 1. The summed E-state index contributed by atoms with van der Waals surface area (Å²) in [6, 6.07) is 4.55. The van der Waals surface area contributed by atoms with Gasteiger partial charge in [-0.25, -0.2) is 9.18 Å². The third-order valence-electron chi connectivity index (χ3n) is 3.79. The summed E-state index contributed by atoms with van der Waals surface area (Å²) in [4.78, 5) is 14.2. The number of nitrogens with zero attached hydrogens (tertiary/aromatic N) is 1. The summed E-state index contributed by atoms with van der Waals surface area (Å²) in [5, 5.41) is 2.82. The second-order valence-electron chi connectivity index (χ2n) is 5.52. The van der Waals surface area contributed by atoms with E-state index in [0.29, 0.717) is 36.9 Å². The fraction of sp³-hybridized carbons (Fsp3) is 0.562. The van der Waals surface area contributed by atoms with E-state index in [2.05, 4.69) is 5.32 Å². The zero-order valence-corrected chi connectivity index (χ0v) is 12.7. The maximum Gasteiger partial charge on any atom is 0.321 e. The Kier molecular flexibility index (Phi) is 5.56. The van der Waals surface area contributed by atoms with E-state index in [9.17, 15) is 9.18 Å². The summed E-state index contributed by atoms with van der Waals surface area (Å²) in [7, 11) is 0. The number of hydrogen-bond acceptors (Lipinski definition) is 2. The number of ether oxygens (including phenoxy) is 1. The van der Waals surface area contributed by atoms with Crippen molar-refractivity contribution in [3.8, 4) is 0 Å². The standard InChI is InChI=1S/C16H23FN2O2/c1-3-8-19(10-13-7-9-21-11-13)16(20)18-15-6-4-5-14(17)12(15)2/h4-6,13H,3,7-11H2,1-2H3,(H,18,20)/t13-/m1/s1. The van der Waals surface area contributed by atoms with Crippen molar-refractivity contribution in [2.24, 2.45) is 5.92 Å². The molecule has 0 aromatic heterocycles. The molecule has 0 saturated carbocycles. The van der Waals surface area contributed by atoms with Gasteiger partial charge in [0, 0.05) is 36.9 Å². The number of carbonyl (C=O) groups excluding carboxylic acids is 1. The smallest absolute Gasteiger partial charge is 0.321 e. The summed E-state index contributed by atoms with van der Waals surface area (Å²) >= 11 is 0. The Bertz CT molecular complexity index is 487. The number of benzene rings is 1. The second kappa shape index (κ2) is 7.41. The maximum atomic E-state index is 13.5. The molecule has 1 atom stereocenters. The topological polar surface area (TPSA) is 41.6 Å². The van der Waals surface area contributed by atoms with E-state index in [1.54, 1.807) is 24.0 Å². The Hall–Kier alpha value is -1.62. The SMILES string of the molecule is CCCN(C[C@H]1CCOC1)C(=O)Nc1cccc(F)c1C. The zero-order chi connectivity index (χ0) is 15.2. The molecule has 1 aliphatic heterocycles. The van der Waals surface area contributed by atoms with Gasteiger partial charge in [-0.2, -0.15) is 0 Å². The molecule has 1 heterocycles. The number of halogens is 1. The van der Waals surface area contributed by atoms with Crippen LogP contribution in [0.25, 0.3) is 0 Å². The fourth-order valence-corrected chi connectivity index (χ4v) is 2.52. The quantitative estimate of drug-likeness (QED) is 0.904. The van der Waals surface area contributed by atoms with Crippen molar-refractivity contribution in [1.29, 1.82) is 0 Å². The van der Waals surface area contributed by atoms with Crippen LogP contribution in [0.15, 0.2) is 18.2 Å². The van der Waals surface area contributed by atoms with Crippen molar-refractivity contribution >= 4 is 11.7 Å². The predicted molar refractivity (Wildman–Crippen MR) is 80.9 cm³/mol. The van der Waals surface area contributed by atoms with E-state index >= 15 is 0 Å². The lowest BCUT2D eigenvalue weighted by atomic mass is 10.1. The van der Waals surface area contributed by atoms with Gasteiger partial charge < -0.3 is 15.0 Å². The summed E-state index contributed by atoms with van der Waals surface area (Å²) < 4.78 is 18.9. The largest absolute Gasteiger partial charge is 0.381 e. The number of nitrogens with one attached hydrogen (secondary N) is 1. The Balaban J connectivity index is 2.01. The highest BCUT2D eigenvalue weighted by Crippen LogP contribution is 2.19. The van der Waals surface area contributed by atoms with Crippen LogP contribution in [0.4, 0.5) is 14.9 Å². The van der Waals surface area contributed by atoms with Crippen LogP contribution < -0.4 is 5.32 Å². The van der Waals surface area contributed by atoms with Crippen LogP contribution in [0.1, 0.15) is 25.3 Å². The molecule has 2 amide bonds. The molecule has 0 unspecified atom stereocenters. The van der Waals surface area contributed by atoms with Crippen molar-refractivity contribution in [2.75, 3.05) is 31.6 Å². The predicted octanol–water partition coefficient (Wildman–Crippen LogP) is 3.41. The minimum atomic E-state index is -0.306. The van der Waals surface area contributed by atoms with Gasteiger partial charge >= 0.3 is 6.03 Å². The molecular weight excluding hydrogens is 271 g/mol. The van der Waals surface area contributed by atoms with Gasteiger partial charge in [0.1, 0.15) is 5.82 Å². The number of hydrogen-bond donors (Lipinski definition) is 1. The Morgan fingerprint density at radius 2 is 2.33 bits per heavy atom. The molecule has 5 heteroatoms. The van der Waals surface area contributed by atoms with E-state index in [4.69, 9.17) is 4.74 Å². The van der Waals surface area contributed by atoms with Crippen molar-refractivity contribution in [1.82, 2.24) is 4.90 Å². The van der Waals surface area contributed by atoms with E-state index in [1.807, 2.05) is 6.92 Å². The number of amides is 2. The van der Waals surface area contributed by atoms with E-state index in [1.165, 1.54) is 6.07 Å². The minimum Gasteiger partial charge on any atom is -0.381 e. The third kappa shape index (κ3) is 4.17. The average Bonchev–Trinajstić information content (AvgIpc) is 2.96. The van der Waals surface area contributed by atoms with Crippen molar-refractivity contribution < 1.29 is 13.9 Å². The van der Waals surface area contributed by atoms with Crippen LogP contribution >= 0.6 is 0 Å². The first kappa shape index (κ1) is 15.8. The molecule has 0 spiro atoms. The number of carbonyl (C=O) groups is 1. The van der Waals surface area contributed by atoms with Crippen molar-refractivity contribution in [2.45, 2.75) is 26.7 Å². The lowest BCUT2D eigenvalue weighted by Gasteiger charge is -2.25. The first-order chi connectivity index (χ1) is 10.1. The molecule has 1 saturated heterocycles. The second-order valence-corrected chi connectivity index (χ2v) is 5.52. The maximum absolute atomic E-state index is 13.5. The summed E-state index contributed by atoms with van der Waals surface area (Å²) in [5.41, 5.74) is 0.996. The molecule has 1 aliphatic rings. The normalized spacial score (nSPS) is 17.8. The van der Waals surface area contributed by atoms with Crippen molar-refractivity contribution in [3.05, 3.63) is 29.6 Å². The van der Waals surface area contributed by atoms with E-state index < -0.39 is 0 Å². The Morgan fingerprint density at radius 1 is 1.52 bits per heavy atom. The van der Waals surface area contributed by atoms with Gasteiger partial charge in [0.05, 0.1) is 6.61 Å². The molecule has 0 aliphatic carbocycles. The highest BCUT2D eigenvalue weighted by molar-refractivity contribution is 5.90. The molecule has 116 valence electrons. The van der Waals surface area contributed by atoms with Gasteiger partial charge in [-0.15, -0.1) is 0 Å². The van der Waals surface area contributed by atoms with Gasteiger partial charge in [-0.05, 0) is 31.9 Å². The third-order valence-corrected chi connectivity index (χ3v) is 3.79. The molecule has 0 bridgehead atoms. The molecule has 0 radical (unpaired) electrons. The summed E-state index contributed by atoms with van der Waals surface area (Å²) in [5.74, 6) is 0.0925. The molecule has 21 heavy (non-hydrogen) atoms. The molecule has 1 aromatic carbocycles. The molecule has 1 fully saturated rings. The van der Waals surface area contributed by atoms with Gasteiger partial charge in [0.15, 0.2) is 0 Å². The minimum absolute atomic E-state index is 0.169. The number of rotatable bonds is 5.